The van der Waals surface area contributed by atoms with E-state index in [4.69, 9.17) is 4.74 Å². The molecule has 1 atom stereocenters. The number of benzene rings is 1. The van der Waals surface area contributed by atoms with E-state index in [-0.39, 0.29) is 17.9 Å². The number of anilines is 1. The monoisotopic (exact) mass is 316 g/mol. The number of nitrogens with zero attached hydrogens (tertiary/aromatic N) is 2. The summed E-state index contributed by atoms with van der Waals surface area (Å²) in [6.45, 7) is 3.48. The largest absolute Gasteiger partial charge is 0.497 e. The number of methoxy groups -OCH3 is 1. The third kappa shape index (κ3) is 2.80. The molecule has 2 aliphatic rings. The average Bonchev–Trinajstić information content (AvgIpc) is 3.04. The molecule has 3 rings (SSSR count). The molecule has 1 fully saturated rings. The minimum Gasteiger partial charge on any atom is -0.497 e. The average molecular weight is 316 g/mol. The Balaban J connectivity index is 2.02. The van der Waals surface area contributed by atoms with Crippen LogP contribution < -0.4 is 9.64 Å². The van der Waals surface area contributed by atoms with Crippen molar-refractivity contribution in [2.24, 2.45) is 0 Å². The number of carbonyl (C=O) groups excluding carboxylic acids is 2. The Morgan fingerprint density at radius 3 is 2.83 bits per heavy atom. The number of ether oxygens (including phenoxy) is 1. The maximum atomic E-state index is 13.0. The molecule has 0 spiro atoms. The van der Waals surface area contributed by atoms with Crippen molar-refractivity contribution in [3.8, 4) is 5.75 Å². The Morgan fingerprint density at radius 1 is 1.26 bits per heavy atom. The first-order chi connectivity index (χ1) is 11.2. The molecule has 0 radical (unpaired) electrons. The van der Waals surface area contributed by atoms with Gasteiger partial charge in [-0.05, 0) is 37.5 Å². The van der Waals surface area contributed by atoms with Gasteiger partial charge in [-0.25, -0.2) is 0 Å². The van der Waals surface area contributed by atoms with Gasteiger partial charge in [-0.3, -0.25) is 9.59 Å². The summed E-state index contributed by atoms with van der Waals surface area (Å²) in [6, 6.07) is 5.13. The van der Waals surface area contributed by atoms with Gasteiger partial charge in [0.1, 0.15) is 11.8 Å². The number of hydrogen-bond donors (Lipinski definition) is 0. The zero-order valence-electron chi connectivity index (χ0n) is 13.9. The van der Waals surface area contributed by atoms with Gasteiger partial charge in [-0.15, -0.1) is 0 Å². The summed E-state index contributed by atoms with van der Waals surface area (Å²) in [7, 11) is 1.59. The van der Waals surface area contributed by atoms with E-state index in [1.54, 1.807) is 18.1 Å². The topological polar surface area (TPSA) is 49.9 Å². The molecule has 0 unspecified atom stereocenters. The molecule has 5 nitrogen and oxygen atoms in total. The van der Waals surface area contributed by atoms with E-state index >= 15 is 0 Å². The molecule has 0 N–H and O–H groups in total. The van der Waals surface area contributed by atoms with Gasteiger partial charge in [-0.1, -0.05) is 19.8 Å². The van der Waals surface area contributed by atoms with Crippen LogP contribution in [0.15, 0.2) is 18.2 Å². The SMILES string of the molecule is CCCCCN1C(=O)[C@@H]2CCCN2C(=O)c2cc(OC)ccc21. The van der Waals surface area contributed by atoms with Gasteiger partial charge in [0.2, 0.25) is 5.91 Å². The van der Waals surface area contributed by atoms with Crippen LogP contribution in [-0.2, 0) is 4.79 Å². The van der Waals surface area contributed by atoms with Crippen molar-refractivity contribution in [3.05, 3.63) is 23.8 Å². The van der Waals surface area contributed by atoms with Crippen LogP contribution in [0.2, 0.25) is 0 Å². The molecule has 0 aliphatic carbocycles. The van der Waals surface area contributed by atoms with Crippen molar-refractivity contribution in [3.63, 3.8) is 0 Å². The second-order valence-electron chi connectivity index (χ2n) is 6.24. The highest BCUT2D eigenvalue weighted by molar-refractivity contribution is 6.11. The second kappa shape index (κ2) is 6.60. The minimum absolute atomic E-state index is 0.0484. The van der Waals surface area contributed by atoms with Crippen molar-refractivity contribution in [2.75, 3.05) is 25.1 Å². The molecule has 5 heteroatoms. The van der Waals surface area contributed by atoms with E-state index in [1.807, 2.05) is 17.0 Å². The van der Waals surface area contributed by atoms with E-state index in [2.05, 4.69) is 6.92 Å². The summed E-state index contributed by atoms with van der Waals surface area (Å²) >= 11 is 0. The van der Waals surface area contributed by atoms with Crippen LogP contribution in [0.1, 0.15) is 49.4 Å². The molecular weight excluding hydrogens is 292 g/mol. The predicted octanol–water partition coefficient (Wildman–Crippen LogP) is 2.84. The Kier molecular flexibility index (Phi) is 4.55. The van der Waals surface area contributed by atoms with E-state index in [9.17, 15) is 9.59 Å². The van der Waals surface area contributed by atoms with Crippen molar-refractivity contribution in [1.29, 1.82) is 0 Å². The molecule has 1 aromatic rings. The molecule has 2 heterocycles. The van der Waals surface area contributed by atoms with E-state index in [0.29, 0.717) is 24.4 Å². The fourth-order valence-corrected chi connectivity index (χ4v) is 3.52. The van der Waals surface area contributed by atoms with Crippen molar-refractivity contribution >= 4 is 17.5 Å². The summed E-state index contributed by atoms with van der Waals surface area (Å²) < 4.78 is 5.27. The lowest BCUT2D eigenvalue weighted by atomic mass is 10.1. The summed E-state index contributed by atoms with van der Waals surface area (Å²) in [5.74, 6) is 0.666. The van der Waals surface area contributed by atoms with Crippen LogP contribution in [-0.4, -0.2) is 43.0 Å². The molecule has 2 aliphatic heterocycles. The number of carbonyl (C=O) groups is 2. The highest BCUT2D eigenvalue weighted by Gasteiger charge is 2.41. The fourth-order valence-electron chi connectivity index (χ4n) is 3.52. The highest BCUT2D eigenvalue weighted by Crippen LogP contribution is 2.34. The third-order valence-electron chi connectivity index (χ3n) is 4.77. The summed E-state index contributed by atoms with van der Waals surface area (Å²) in [5.41, 5.74) is 1.31. The normalized spacial score (nSPS) is 20.3. The lowest BCUT2D eigenvalue weighted by molar-refractivity contribution is -0.122. The smallest absolute Gasteiger partial charge is 0.256 e. The zero-order chi connectivity index (χ0) is 16.4. The molecule has 2 amide bonds. The lowest BCUT2D eigenvalue weighted by Crippen LogP contribution is -2.45. The van der Waals surface area contributed by atoms with Gasteiger partial charge in [0.05, 0.1) is 18.4 Å². The maximum absolute atomic E-state index is 13.0. The molecule has 124 valence electrons. The number of fused-ring (bicyclic) bond motifs is 2. The van der Waals surface area contributed by atoms with Gasteiger partial charge in [0.25, 0.3) is 5.91 Å². The Bertz CT molecular complexity index is 614. The van der Waals surface area contributed by atoms with Gasteiger partial charge in [0.15, 0.2) is 0 Å². The zero-order valence-corrected chi connectivity index (χ0v) is 13.9. The van der Waals surface area contributed by atoms with Crippen molar-refractivity contribution in [2.45, 2.75) is 45.1 Å². The van der Waals surface area contributed by atoms with E-state index in [0.717, 1.165) is 37.8 Å². The van der Waals surface area contributed by atoms with Crippen molar-refractivity contribution < 1.29 is 14.3 Å². The number of hydrogen-bond acceptors (Lipinski definition) is 3. The second-order valence-corrected chi connectivity index (χ2v) is 6.24. The van der Waals surface area contributed by atoms with Crippen LogP contribution in [0.3, 0.4) is 0 Å². The summed E-state index contributed by atoms with van der Waals surface area (Å²) in [6.07, 6.45) is 4.79. The Hall–Kier alpha value is -2.04. The van der Waals surface area contributed by atoms with Gasteiger partial charge in [0, 0.05) is 13.1 Å². The number of amides is 2. The molecule has 1 aromatic carbocycles. The van der Waals surface area contributed by atoms with Gasteiger partial charge >= 0.3 is 0 Å². The molecule has 23 heavy (non-hydrogen) atoms. The highest BCUT2D eigenvalue weighted by atomic mass is 16.5. The predicted molar refractivity (Wildman–Crippen MR) is 88.9 cm³/mol. The van der Waals surface area contributed by atoms with Crippen LogP contribution in [0.4, 0.5) is 5.69 Å². The first-order valence-electron chi connectivity index (χ1n) is 8.47. The first kappa shape index (κ1) is 15.8. The molecule has 0 aromatic heterocycles. The molecule has 0 bridgehead atoms. The Labute approximate surface area is 137 Å². The Morgan fingerprint density at radius 2 is 2.09 bits per heavy atom. The summed E-state index contributed by atoms with van der Waals surface area (Å²) in [4.78, 5) is 29.4. The van der Waals surface area contributed by atoms with E-state index < -0.39 is 0 Å². The molecule has 0 saturated carbocycles. The lowest BCUT2D eigenvalue weighted by Gasteiger charge is -2.26. The van der Waals surface area contributed by atoms with Crippen LogP contribution in [0.25, 0.3) is 0 Å². The molecule has 1 saturated heterocycles. The number of unbranched alkanes of at least 4 members (excludes halogenated alkanes) is 2. The van der Waals surface area contributed by atoms with Crippen LogP contribution in [0, 0.1) is 0 Å². The summed E-state index contributed by atoms with van der Waals surface area (Å²) in [5, 5.41) is 0. The fraction of sp³-hybridized carbons (Fsp3) is 0.556. The first-order valence-corrected chi connectivity index (χ1v) is 8.47. The molecular formula is C18H24N2O3. The van der Waals surface area contributed by atoms with Crippen molar-refractivity contribution in [1.82, 2.24) is 4.90 Å². The van der Waals surface area contributed by atoms with Gasteiger partial charge in [-0.2, -0.15) is 0 Å². The van der Waals surface area contributed by atoms with Crippen LogP contribution in [0.5, 0.6) is 5.75 Å². The quantitative estimate of drug-likeness (QED) is 0.785. The third-order valence-corrected chi connectivity index (χ3v) is 4.77. The number of rotatable bonds is 5. The van der Waals surface area contributed by atoms with Gasteiger partial charge < -0.3 is 14.5 Å². The maximum Gasteiger partial charge on any atom is 0.256 e. The van der Waals surface area contributed by atoms with E-state index in [1.165, 1.54) is 0 Å². The minimum atomic E-state index is -0.303. The van der Waals surface area contributed by atoms with Crippen LogP contribution >= 0.6 is 0 Å². The standard InChI is InChI=1S/C18H24N2O3/c1-3-4-5-10-19-15-9-8-13(23-2)12-14(15)17(21)20-11-6-7-16(20)18(19)22/h8-9,12,16H,3-7,10-11H2,1-2H3/t16-/m0/s1.